The molecule has 22 heavy (non-hydrogen) atoms. The van der Waals surface area contributed by atoms with E-state index < -0.39 is 0 Å². The Morgan fingerprint density at radius 3 is 2.41 bits per heavy atom. The lowest BCUT2D eigenvalue weighted by Crippen LogP contribution is -1.99. The van der Waals surface area contributed by atoms with Crippen LogP contribution in [0, 0.1) is 19.7 Å². The average Bonchev–Trinajstić information content (AvgIpc) is 2.46. The summed E-state index contributed by atoms with van der Waals surface area (Å²) in [6, 6.07) is 14.3. The summed E-state index contributed by atoms with van der Waals surface area (Å²) in [5.41, 5.74) is 11.2. The Balaban J connectivity index is 2.14. The number of aryl methyl sites for hydroxylation is 2. The number of hydrogen-bond acceptors (Lipinski definition) is 3. The summed E-state index contributed by atoms with van der Waals surface area (Å²) in [5, 5.41) is 0. The molecule has 3 rings (SSSR count). The van der Waals surface area contributed by atoms with Gasteiger partial charge in [0, 0.05) is 11.1 Å². The van der Waals surface area contributed by atoms with Crippen molar-refractivity contribution in [2.24, 2.45) is 0 Å². The predicted octanol–water partition coefficient (Wildman–Crippen LogP) is 4.15. The van der Waals surface area contributed by atoms with E-state index in [9.17, 15) is 4.39 Å². The SMILES string of the molecule is Cc1ccc(-c2cc(-c3cccc(F)c3)nc(N)n2)c(C)c1. The van der Waals surface area contributed by atoms with Crippen LogP contribution >= 0.6 is 0 Å². The number of benzene rings is 2. The van der Waals surface area contributed by atoms with E-state index in [0.29, 0.717) is 11.3 Å². The fraction of sp³-hybridized carbons (Fsp3) is 0.111. The van der Waals surface area contributed by atoms with Crippen LogP contribution in [0.1, 0.15) is 11.1 Å². The van der Waals surface area contributed by atoms with Gasteiger partial charge in [0.05, 0.1) is 11.4 Å². The number of nitrogens with zero attached hydrogens (tertiary/aromatic N) is 2. The van der Waals surface area contributed by atoms with Crippen LogP contribution in [0.2, 0.25) is 0 Å². The van der Waals surface area contributed by atoms with Gasteiger partial charge in [-0.2, -0.15) is 0 Å². The van der Waals surface area contributed by atoms with Crippen molar-refractivity contribution in [2.75, 3.05) is 5.73 Å². The Hall–Kier alpha value is -2.75. The molecule has 0 fully saturated rings. The van der Waals surface area contributed by atoms with Crippen molar-refractivity contribution < 1.29 is 4.39 Å². The van der Waals surface area contributed by atoms with Crippen LogP contribution in [-0.4, -0.2) is 9.97 Å². The quantitative estimate of drug-likeness (QED) is 0.772. The van der Waals surface area contributed by atoms with Crippen LogP contribution in [0.25, 0.3) is 22.5 Å². The fourth-order valence-electron chi connectivity index (χ4n) is 2.50. The van der Waals surface area contributed by atoms with Crippen molar-refractivity contribution >= 4 is 5.95 Å². The van der Waals surface area contributed by atoms with Crippen molar-refractivity contribution in [3.8, 4) is 22.5 Å². The number of hydrogen-bond donors (Lipinski definition) is 1. The molecular weight excluding hydrogens is 277 g/mol. The summed E-state index contributed by atoms with van der Waals surface area (Å²) in [5.74, 6) is -0.125. The number of halogens is 1. The molecule has 3 nitrogen and oxygen atoms in total. The molecule has 0 saturated carbocycles. The molecule has 2 N–H and O–H groups in total. The summed E-state index contributed by atoms with van der Waals surface area (Å²) in [6.45, 7) is 4.08. The summed E-state index contributed by atoms with van der Waals surface area (Å²) >= 11 is 0. The minimum atomic E-state index is -0.303. The van der Waals surface area contributed by atoms with Crippen molar-refractivity contribution in [3.63, 3.8) is 0 Å². The molecule has 0 aliphatic carbocycles. The Morgan fingerprint density at radius 2 is 1.68 bits per heavy atom. The Labute approximate surface area is 128 Å². The molecule has 0 radical (unpaired) electrons. The Bertz CT molecular complexity index is 843. The van der Waals surface area contributed by atoms with E-state index in [0.717, 1.165) is 16.8 Å². The molecule has 0 spiro atoms. The molecule has 110 valence electrons. The molecule has 0 saturated heterocycles. The van der Waals surface area contributed by atoms with Crippen molar-refractivity contribution in [2.45, 2.75) is 13.8 Å². The molecule has 3 aromatic rings. The zero-order chi connectivity index (χ0) is 15.7. The van der Waals surface area contributed by atoms with Crippen LogP contribution in [0.5, 0.6) is 0 Å². The second kappa shape index (κ2) is 5.56. The van der Waals surface area contributed by atoms with Crippen LogP contribution in [0.15, 0.2) is 48.5 Å². The molecule has 0 bridgehead atoms. The van der Waals surface area contributed by atoms with E-state index >= 15 is 0 Å². The molecule has 1 aromatic heterocycles. The van der Waals surface area contributed by atoms with Gasteiger partial charge in [-0.25, -0.2) is 14.4 Å². The van der Waals surface area contributed by atoms with E-state index in [1.165, 1.54) is 17.7 Å². The first-order chi connectivity index (χ1) is 10.5. The third kappa shape index (κ3) is 2.81. The first kappa shape index (κ1) is 14.2. The van der Waals surface area contributed by atoms with Crippen molar-refractivity contribution in [1.82, 2.24) is 9.97 Å². The van der Waals surface area contributed by atoms with Gasteiger partial charge < -0.3 is 5.73 Å². The third-order valence-corrected chi connectivity index (χ3v) is 3.52. The van der Waals surface area contributed by atoms with Crippen molar-refractivity contribution in [3.05, 3.63) is 65.5 Å². The zero-order valence-corrected chi connectivity index (χ0v) is 12.5. The smallest absolute Gasteiger partial charge is 0.221 e. The van der Waals surface area contributed by atoms with Gasteiger partial charge in [0.2, 0.25) is 5.95 Å². The monoisotopic (exact) mass is 293 g/mol. The lowest BCUT2D eigenvalue weighted by molar-refractivity contribution is 0.628. The fourth-order valence-corrected chi connectivity index (χ4v) is 2.50. The molecule has 4 heteroatoms. The molecule has 0 atom stereocenters. The number of anilines is 1. The second-order valence-electron chi connectivity index (χ2n) is 5.33. The van der Waals surface area contributed by atoms with Crippen LogP contribution < -0.4 is 5.73 Å². The minimum absolute atomic E-state index is 0.178. The zero-order valence-electron chi connectivity index (χ0n) is 12.5. The highest BCUT2D eigenvalue weighted by molar-refractivity contribution is 5.71. The maximum absolute atomic E-state index is 13.4. The normalized spacial score (nSPS) is 10.7. The van der Waals surface area contributed by atoms with E-state index in [4.69, 9.17) is 5.73 Å². The average molecular weight is 293 g/mol. The molecule has 0 unspecified atom stereocenters. The highest BCUT2D eigenvalue weighted by Crippen LogP contribution is 2.27. The maximum atomic E-state index is 13.4. The van der Waals surface area contributed by atoms with E-state index in [2.05, 4.69) is 16.0 Å². The molecular formula is C18H16FN3. The molecule has 0 aliphatic rings. The first-order valence-corrected chi connectivity index (χ1v) is 7.01. The van der Waals surface area contributed by atoms with Crippen molar-refractivity contribution in [1.29, 1.82) is 0 Å². The minimum Gasteiger partial charge on any atom is -0.368 e. The Morgan fingerprint density at radius 1 is 0.909 bits per heavy atom. The lowest BCUT2D eigenvalue weighted by atomic mass is 10.0. The summed E-state index contributed by atoms with van der Waals surface area (Å²) in [7, 11) is 0. The van der Waals surface area contributed by atoms with Gasteiger partial charge in [-0.1, -0.05) is 35.9 Å². The molecule has 0 amide bonds. The molecule has 1 heterocycles. The third-order valence-electron chi connectivity index (χ3n) is 3.52. The summed E-state index contributed by atoms with van der Waals surface area (Å²) in [4.78, 5) is 8.53. The number of aromatic nitrogens is 2. The Kier molecular flexibility index (Phi) is 3.59. The standard InChI is InChI=1S/C18H16FN3/c1-11-6-7-15(12(2)8-11)17-10-16(21-18(20)22-17)13-4-3-5-14(19)9-13/h3-10H,1-2H3,(H2,20,21,22). The largest absolute Gasteiger partial charge is 0.368 e. The number of nitrogen functional groups attached to an aromatic ring is 1. The molecule has 0 aliphatic heterocycles. The maximum Gasteiger partial charge on any atom is 0.221 e. The van der Waals surface area contributed by atoms with Gasteiger partial charge >= 0.3 is 0 Å². The van der Waals surface area contributed by atoms with Gasteiger partial charge in [-0.15, -0.1) is 0 Å². The van der Waals surface area contributed by atoms with Crippen LogP contribution in [0.3, 0.4) is 0 Å². The lowest BCUT2D eigenvalue weighted by Gasteiger charge is -2.09. The van der Waals surface area contributed by atoms with E-state index in [-0.39, 0.29) is 11.8 Å². The van der Waals surface area contributed by atoms with E-state index in [1.54, 1.807) is 12.1 Å². The van der Waals surface area contributed by atoms with Gasteiger partial charge in [-0.3, -0.25) is 0 Å². The topological polar surface area (TPSA) is 51.8 Å². The highest BCUT2D eigenvalue weighted by atomic mass is 19.1. The van der Waals surface area contributed by atoms with Crippen LogP contribution in [-0.2, 0) is 0 Å². The molecule has 2 aromatic carbocycles. The summed E-state index contributed by atoms with van der Waals surface area (Å²) in [6.07, 6.45) is 0. The van der Waals surface area contributed by atoms with Gasteiger partial charge in [-0.05, 0) is 37.6 Å². The van der Waals surface area contributed by atoms with Gasteiger partial charge in [0.15, 0.2) is 0 Å². The first-order valence-electron chi connectivity index (χ1n) is 7.01. The highest BCUT2D eigenvalue weighted by Gasteiger charge is 2.09. The van der Waals surface area contributed by atoms with E-state index in [1.807, 2.05) is 32.0 Å². The second-order valence-corrected chi connectivity index (χ2v) is 5.33. The predicted molar refractivity (Wildman–Crippen MR) is 86.7 cm³/mol. The van der Waals surface area contributed by atoms with Gasteiger partial charge in [0.25, 0.3) is 0 Å². The van der Waals surface area contributed by atoms with Gasteiger partial charge in [0.1, 0.15) is 5.82 Å². The number of rotatable bonds is 2. The number of nitrogens with two attached hydrogens (primary N) is 1. The summed E-state index contributed by atoms with van der Waals surface area (Å²) < 4.78 is 13.4. The van der Waals surface area contributed by atoms with Crippen LogP contribution in [0.4, 0.5) is 10.3 Å².